The van der Waals surface area contributed by atoms with Crippen molar-refractivity contribution in [2.24, 2.45) is 0 Å². The second-order valence-corrected chi connectivity index (χ2v) is 6.27. The Morgan fingerprint density at radius 1 is 1.08 bits per heavy atom. The summed E-state index contributed by atoms with van der Waals surface area (Å²) in [6, 6.07) is 12.4. The second-order valence-electron chi connectivity index (χ2n) is 5.84. The zero-order chi connectivity index (χ0) is 18.1. The molecule has 0 atom stereocenters. The number of rotatable bonds is 4. The molecule has 0 unspecified atom stereocenters. The summed E-state index contributed by atoms with van der Waals surface area (Å²) in [6.45, 7) is 2.09. The van der Waals surface area contributed by atoms with Gasteiger partial charge in [0.25, 0.3) is 5.71 Å². The van der Waals surface area contributed by atoms with Gasteiger partial charge in [0.2, 0.25) is 0 Å². The van der Waals surface area contributed by atoms with Crippen LogP contribution >= 0.6 is 11.6 Å². The maximum absolute atomic E-state index is 14.5. The molecule has 4 rings (SSSR count). The summed E-state index contributed by atoms with van der Waals surface area (Å²) in [6.07, 6.45) is 1.38. The second kappa shape index (κ2) is 6.72. The van der Waals surface area contributed by atoms with E-state index in [0.29, 0.717) is 33.2 Å². The topological polar surface area (TPSA) is 63.8 Å². The van der Waals surface area contributed by atoms with Crippen molar-refractivity contribution >= 4 is 28.5 Å². The maximum Gasteiger partial charge on any atom is 0.263 e. The number of nitrogens with one attached hydrogen (secondary N) is 1. The smallest absolute Gasteiger partial charge is 0.263 e. The molecule has 0 saturated heterocycles. The highest BCUT2D eigenvalue weighted by Gasteiger charge is 2.12. The number of halogens is 2. The minimum Gasteiger partial charge on any atom is -0.365 e. The first-order valence-corrected chi connectivity index (χ1v) is 8.35. The third-order valence-electron chi connectivity index (χ3n) is 4.12. The van der Waals surface area contributed by atoms with Gasteiger partial charge < -0.3 is 9.84 Å². The van der Waals surface area contributed by atoms with Crippen molar-refractivity contribution in [3.05, 3.63) is 70.9 Å². The Labute approximate surface area is 153 Å². The standard InChI is InChI=1S/C19H14ClFN4O/c1-11-17-18(23-10-24-19(17)26-25-11)22-9-14-3-2-13(8-16(14)21)12-4-6-15(20)7-5-12/h2-8,10H,9H2,1H3,(H,22,23,24). The highest BCUT2D eigenvalue weighted by molar-refractivity contribution is 6.30. The van der Waals surface area contributed by atoms with Gasteiger partial charge in [-0.25, -0.2) is 9.37 Å². The zero-order valence-corrected chi connectivity index (χ0v) is 14.6. The Morgan fingerprint density at radius 3 is 2.62 bits per heavy atom. The van der Waals surface area contributed by atoms with Crippen molar-refractivity contribution in [2.45, 2.75) is 13.5 Å². The van der Waals surface area contributed by atoms with E-state index in [1.165, 1.54) is 12.4 Å². The van der Waals surface area contributed by atoms with Gasteiger partial charge in [-0.2, -0.15) is 4.98 Å². The molecule has 0 fully saturated rings. The Hall–Kier alpha value is -2.99. The number of fused-ring (bicyclic) bond motifs is 1. The van der Waals surface area contributed by atoms with E-state index in [2.05, 4.69) is 20.4 Å². The van der Waals surface area contributed by atoms with Crippen LogP contribution in [-0.2, 0) is 6.54 Å². The maximum atomic E-state index is 14.5. The van der Waals surface area contributed by atoms with Crippen molar-refractivity contribution in [3.63, 3.8) is 0 Å². The number of aromatic nitrogens is 3. The fourth-order valence-electron chi connectivity index (χ4n) is 2.75. The van der Waals surface area contributed by atoms with Gasteiger partial charge in [-0.1, -0.05) is 41.0 Å². The fraction of sp³-hybridized carbons (Fsp3) is 0.105. The van der Waals surface area contributed by atoms with E-state index in [1.807, 2.05) is 25.1 Å². The van der Waals surface area contributed by atoms with Crippen LogP contribution in [0.1, 0.15) is 11.3 Å². The summed E-state index contributed by atoms with van der Waals surface area (Å²) in [4.78, 5) is 8.22. The van der Waals surface area contributed by atoms with Gasteiger partial charge in [-0.3, -0.25) is 0 Å². The van der Waals surface area contributed by atoms with Crippen LogP contribution in [0.4, 0.5) is 10.2 Å². The molecule has 0 aliphatic heterocycles. The average molecular weight is 369 g/mol. The van der Waals surface area contributed by atoms with Crippen molar-refractivity contribution in [3.8, 4) is 11.1 Å². The van der Waals surface area contributed by atoms with Gasteiger partial charge in [-0.15, -0.1) is 0 Å². The molecule has 5 nitrogen and oxygen atoms in total. The molecule has 0 bridgehead atoms. The first-order valence-electron chi connectivity index (χ1n) is 7.97. The largest absolute Gasteiger partial charge is 0.365 e. The van der Waals surface area contributed by atoms with E-state index in [-0.39, 0.29) is 12.4 Å². The lowest BCUT2D eigenvalue weighted by Gasteiger charge is -2.09. The molecular weight excluding hydrogens is 355 g/mol. The highest BCUT2D eigenvalue weighted by atomic mass is 35.5. The van der Waals surface area contributed by atoms with E-state index in [1.54, 1.807) is 18.2 Å². The summed E-state index contributed by atoms with van der Waals surface area (Å²) in [5.41, 5.74) is 3.32. The highest BCUT2D eigenvalue weighted by Crippen LogP contribution is 2.26. The van der Waals surface area contributed by atoms with Crippen LogP contribution in [0.25, 0.3) is 22.2 Å². The fourth-order valence-corrected chi connectivity index (χ4v) is 2.87. The monoisotopic (exact) mass is 368 g/mol. The van der Waals surface area contributed by atoms with Gasteiger partial charge in [0.1, 0.15) is 23.3 Å². The van der Waals surface area contributed by atoms with E-state index >= 15 is 0 Å². The van der Waals surface area contributed by atoms with Crippen LogP contribution in [0.5, 0.6) is 0 Å². The molecule has 2 heterocycles. The van der Waals surface area contributed by atoms with E-state index in [4.69, 9.17) is 16.1 Å². The first-order chi connectivity index (χ1) is 12.6. The number of aryl methyl sites for hydroxylation is 1. The third-order valence-corrected chi connectivity index (χ3v) is 4.37. The number of anilines is 1. The molecule has 0 aliphatic carbocycles. The summed E-state index contributed by atoms with van der Waals surface area (Å²) < 4.78 is 19.6. The lowest BCUT2D eigenvalue weighted by Crippen LogP contribution is -2.04. The van der Waals surface area contributed by atoms with Gasteiger partial charge in [0.15, 0.2) is 0 Å². The van der Waals surface area contributed by atoms with Crippen LogP contribution in [0.15, 0.2) is 53.3 Å². The molecule has 0 aliphatic rings. The lowest BCUT2D eigenvalue weighted by molar-refractivity contribution is 0.442. The van der Waals surface area contributed by atoms with Crippen LogP contribution in [0, 0.1) is 12.7 Å². The van der Waals surface area contributed by atoms with Crippen LogP contribution in [0.2, 0.25) is 5.02 Å². The first kappa shape index (κ1) is 16.5. The minimum absolute atomic E-state index is 0.281. The molecule has 2 aromatic heterocycles. The molecule has 0 radical (unpaired) electrons. The summed E-state index contributed by atoms with van der Waals surface area (Å²) in [5, 5.41) is 8.36. The average Bonchev–Trinajstić information content (AvgIpc) is 3.03. The molecule has 1 N–H and O–H groups in total. The van der Waals surface area contributed by atoms with Crippen LogP contribution < -0.4 is 5.32 Å². The van der Waals surface area contributed by atoms with Gasteiger partial charge in [-0.05, 0) is 36.2 Å². The van der Waals surface area contributed by atoms with Crippen molar-refractivity contribution < 1.29 is 8.91 Å². The molecule has 0 spiro atoms. The Bertz CT molecular complexity index is 1080. The molecule has 7 heteroatoms. The number of hydrogen-bond donors (Lipinski definition) is 1. The summed E-state index contributed by atoms with van der Waals surface area (Å²) >= 11 is 5.90. The van der Waals surface area contributed by atoms with Crippen molar-refractivity contribution in [2.75, 3.05) is 5.32 Å². The van der Waals surface area contributed by atoms with Crippen molar-refractivity contribution in [1.29, 1.82) is 0 Å². The number of hydrogen-bond acceptors (Lipinski definition) is 5. The predicted octanol–water partition coefficient (Wildman–Crippen LogP) is 5.00. The lowest BCUT2D eigenvalue weighted by atomic mass is 10.0. The van der Waals surface area contributed by atoms with E-state index < -0.39 is 0 Å². The Balaban J connectivity index is 1.57. The van der Waals surface area contributed by atoms with Crippen LogP contribution in [-0.4, -0.2) is 15.1 Å². The molecular formula is C19H14ClFN4O. The third kappa shape index (κ3) is 3.11. The predicted molar refractivity (Wildman–Crippen MR) is 98.5 cm³/mol. The zero-order valence-electron chi connectivity index (χ0n) is 13.8. The summed E-state index contributed by atoms with van der Waals surface area (Å²) in [5.74, 6) is 0.271. The van der Waals surface area contributed by atoms with Gasteiger partial charge >= 0.3 is 0 Å². The SMILES string of the molecule is Cc1noc2ncnc(NCc3ccc(-c4ccc(Cl)cc4)cc3F)c12. The summed E-state index contributed by atoms with van der Waals surface area (Å²) in [7, 11) is 0. The van der Waals surface area contributed by atoms with Crippen LogP contribution in [0.3, 0.4) is 0 Å². The van der Waals surface area contributed by atoms with Gasteiger partial charge in [0.05, 0.1) is 5.69 Å². The van der Waals surface area contributed by atoms with E-state index in [9.17, 15) is 4.39 Å². The van der Waals surface area contributed by atoms with Crippen molar-refractivity contribution in [1.82, 2.24) is 15.1 Å². The number of benzene rings is 2. The molecule has 26 heavy (non-hydrogen) atoms. The van der Waals surface area contributed by atoms with E-state index in [0.717, 1.165) is 11.1 Å². The Morgan fingerprint density at radius 2 is 1.85 bits per heavy atom. The molecule has 0 saturated carbocycles. The molecule has 2 aromatic carbocycles. The van der Waals surface area contributed by atoms with Gasteiger partial charge in [0, 0.05) is 17.1 Å². The Kier molecular flexibility index (Phi) is 4.26. The molecule has 130 valence electrons. The molecule has 0 amide bonds. The number of nitrogens with zero attached hydrogens (tertiary/aromatic N) is 3. The minimum atomic E-state index is -0.294. The normalized spacial score (nSPS) is 11.0. The quantitative estimate of drug-likeness (QED) is 0.549. The molecule has 4 aromatic rings.